The van der Waals surface area contributed by atoms with E-state index in [0.717, 1.165) is 17.7 Å². The normalized spacial score (nSPS) is 26.5. The molecule has 3 amide bonds. The molecule has 1 aliphatic heterocycles. The molecular formula is C19H23N3O4. The number of ether oxygens (including phenoxy) is 1. The first kappa shape index (κ1) is 18.2. The number of hydrogen-bond acceptors (Lipinski definition) is 5. The van der Waals surface area contributed by atoms with Crippen LogP contribution in [-0.4, -0.2) is 46.7 Å². The molecule has 1 saturated carbocycles. The van der Waals surface area contributed by atoms with Crippen molar-refractivity contribution in [3.8, 4) is 11.8 Å². The second-order valence-electron chi connectivity index (χ2n) is 7.21. The molecule has 1 heterocycles. The minimum atomic E-state index is -0.988. The Balaban J connectivity index is 1.55. The lowest BCUT2D eigenvalue weighted by Gasteiger charge is -2.33. The number of benzene rings is 1. The minimum Gasteiger partial charge on any atom is -0.491 e. The van der Waals surface area contributed by atoms with Crippen LogP contribution in [-0.2, 0) is 4.79 Å². The fourth-order valence-corrected chi connectivity index (χ4v) is 3.52. The summed E-state index contributed by atoms with van der Waals surface area (Å²) in [5, 5.41) is 21.8. The number of imide groups is 1. The molecule has 7 nitrogen and oxygen atoms in total. The van der Waals surface area contributed by atoms with Gasteiger partial charge >= 0.3 is 6.03 Å². The first-order chi connectivity index (χ1) is 12.4. The van der Waals surface area contributed by atoms with Gasteiger partial charge in [-0.1, -0.05) is 6.92 Å². The first-order valence-electron chi connectivity index (χ1n) is 8.89. The Bertz CT molecular complexity index is 717. The van der Waals surface area contributed by atoms with Crippen molar-refractivity contribution in [2.45, 2.75) is 44.2 Å². The number of β-amino-alcohol motifs (C(OH)–C–C–N with tert-alkyl or cyclic N) is 1. The summed E-state index contributed by atoms with van der Waals surface area (Å²) < 4.78 is 5.47. The number of aliphatic hydroxyl groups is 1. The molecule has 2 N–H and O–H groups in total. The Labute approximate surface area is 152 Å². The number of nitriles is 1. The Morgan fingerprint density at radius 3 is 2.62 bits per heavy atom. The van der Waals surface area contributed by atoms with Crippen molar-refractivity contribution in [3.05, 3.63) is 29.8 Å². The second-order valence-corrected chi connectivity index (χ2v) is 7.21. The van der Waals surface area contributed by atoms with Gasteiger partial charge in [-0.2, -0.15) is 5.26 Å². The summed E-state index contributed by atoms with van der Waals surface area (Å²) in [4.78, 5) is 26.1. The van der Waals surface area contributed by atoms with Gasteiger partial charge in [0.2, 0.25) is 0 Å². The van der Waals surface area contributed by atoms with Crippen molar-refractivity contribution < 1.29 is 19.4 Å². The molecule has 3 rings (SSSR count). The van der Waals surface area contributed by atoms with E-state index < -0.39 is 17.7 Å². The molecule has 1 saturated heterocycles. The van der Waals surface area contributed by atoms with E-state index in [4.69, 9.17) is 10.00 Å². The number of hydrogen-bond donors (Lipinski definition) is 2. The number of urea groups is 1. The summed E-state index contributed by atoms with van der Waals surface area (Å²) >= 11 is 0. The molecule has 1 spiro atoms. The van der Waals surface area contributed by atoms with Crippen molar-refractivity contribution in [2.24, 2.45) is 5.92 Å². The van der Waals surface area contributed by atoms with Crippen LogP contribution in [0.1, 0.15) is 38.2 Å². The second kappa shape index (κ2) is 7.34. The number of carbonyl (C=O) groups excluding carboxylic acids is 2. The molecule has 2 aliphatic rings. The van der Waals surface area contributed by atoms with Crippen LogP contribution in [0.15, 0.2) is 24.3 Å². The van der Waals surface area contributed by atoms with Crippen LogP contribution in [0.25, 0.3) is 0 Å². The van der Waals surface area contributed by atoms with Gasteiger partial charge in [0, 0.05) is 0 Å². The van der Waals surface area contributed by atoms with E-state index in [1.807, 2.05) is 6.07 Å². The number of nitrogens with zero attached hydrogens (tertiary/aromatic N) is 2. The number of rotatable bonds is 5. The number of carbonyl (C=O) groups is 2. The quantitative estimate of drug-likeness (QED) is 0.782. The maximum Gasteiger partial charge on any atom is 0.325 e. The lowest BCUT2D eigenvalue weighted by atomic mass is 9.77. The van der Waals surface area contributed by atoms with Gasteiger partial charge < -0.3 is 15.2 Å². The average molecular weight is 357 g/mol. The zero-order valence-electron chi connectivity index (χ0n) is 14.8. The molecule has 7 heteroatoms. The third kappa shape index (κ3) is 3.65. The maximum atomic E-state index is 12.7. The Kier molecular flexibility index (Phi) is 5.14. The van der Waals surface area contributed by atoms with Crippen LogP contribution in [0.3, 0.4) is 0 Å². The van der Waals surface area contributed by atoms with E-state index in [9.17, 15) is 14.7 Å². The summed E-state index contributed by atoms with van der Waals surface area (Å²) in [5.41, 5.74) is -0.276. The number of nitrogens with one attached hydrogen (secondary N) is 1. The summed E-state index contributed by atoms with van der Waals surface area (Å²) in [5.74, 6) is 0.829. The van der Waals surface area contributed by atoms with Gasteiger partial charge in [0.15, 0.2) is 0 Å². The molecule has 0 bridgehead atoms. The van der Waals surface area contributed by atoms with Gasteiger partial charge in [-0.15, -0.1) is 0 Å². The lowest BCUT2D eigenvalue weighted by molar-refractivity contribution is -0.133. The maximum absolute atomic E-state index is 12.7. The van der Waals surface area contributed by atoms with Crippen molar-refractivity contribution in [1.82, 2.24) is 10.2 Å². The van der Waals surface area contributed by atoms with Crippen molar-refractivity contribution in [2.75, 3.05) is 13.2 Å². The van der Waals surface area contributed by atoms with Crippen LogP contribution in [0.2, 0.25) is 0 Å². The average Bonchev–Trinajstić information content (AvgIpc) is 2.87. The molecule has 1 unspecified atom stereocenters. The molecule has 1 aromatic carbocycles. The van der Waals surface area contributed by atoms with Gasteiger partial charge in [-0.3, -0.25) is 9.69 Å². The summed E-state index contributed by atoms with van der Waals surface area (Å²) in [6, 6.07) is 8.08. The molecular weight excluding hydrogens is 334 g/mol. The predicted octanol–water partition coefficient (Wildman–Crippen LogP) is 1.80. The van der Waals surface area contributed by atoms with Crippen LogP contribution in [0, 0.1) is 17.2 Å². The molecule has 26 heavy (non-hydrogen) atoms. The predicted molar refractivity (Wildman–Crippen MR) is 93.3 cm³/mol. The lowest BCUT2D eigenvalue weighted by Crippen LogP contribution is -2.49. The standard InChI is InChI=1S/C19H23N3O4/c1-13-6-8-19(9-7-13)17(24)22(18(25)21-19)11-15(23)12-26-16-4-2-14(10-20)3-5-16/h2-5,13,15,23H,6-9,11-12H2,1H3,(H,21,25). The van der Waals surface area contributed by atoms with Crippen LogP contribution >= 0.6 is 0 Å². The molecule has 0 radical (unpaired) electrons. The van der Waals surface area contributed by atoms with E-state index in [-0.39, 0.29) is 19.1 Å². The molecule has 1 aliphatic carbocycles. The molecule has 2 fully saturated rings. The highest BCUT2D eigenvalue weighted by Crippen LogP contribution is 2.36. The minimum absolute atomic E-state index is 0.0486. The fraction of sp³-hybridized carbons (Fsp3) is 0.526. The molecule has 138 valence electrons. The van der Waals surface area contributed by atoms with Crippen LogP contribution in [0.5, 0.6) is 5.75 Å². The summed E-state index contributed by atoms with van der Waals surface area (Å²) in [6.45, 7) is 2.00. The number of amides is 3. The highest BCUT2D eigenvalue weighted by atomic mass is 16.5. The van der Waals surface area contributed by atoms with E-state index in [1.165, 1.54) is 0 Å². The van der Waals surface area contributed by atoms with Crippen molar-refractivity contribution in [3.63, 3.8) is 0 Å². The van der Waals surface area contributed by atoms with Gasteiger partial charge in [-0.05, 0) is 55.9 Å². The van der Waals surface area contributed by atoms with Gasteiger partial charge in [0.1, 0.15) is 24.0 Å². The highest BCUT2D eigenvalue weighted by molar-refractivity contribution is 6.07. The molecule has 1 atom stereocenters. The molecule has 1 aromatic rings. The van der Waals surface area contributed by atoms with Gasteiger partial charge in [0.25, 0.3) is 5.91 Å². The third-order valence-corrected chi connectivity index (χ3v) is 5.19. The first-order valence-corrected chi connectivity index (χ1v) is 8.89. The SMILES string of the molecule is CC1CCC2(CC1)NC(=O)N(CC(O)COc1ccc(C#N)cc1)C2=O. The highest BCUT2D eigenvalue weighted by Gasteiger charge is 2.52. The Hall–Kier alpha value is -2.59. The number of aliphatic hydroxyl groups excluding tert-OH is 1. The monoisotopic (exact) mass is 357 g/mol. The largest absolute Gasteiger partial charge is 0.491 e. The smallest absolute Gasteiger partial charge is 0.325 e. The van der Waals surface area contributed by atoms with Gasteiger partial charge in [-0.25, -0.2) is 4.79 Å². The van der Waals surface area contributed by atoms with E-state index in [1.54, 1.807) is 24.3 Å². The zero-order chi connectivity index (χ0) is 18.7. The van der Waals surface area contributed by atoms with Crippen molar-refractivity contribution >= 4 is 11.9 Å². The molecule has 0 aromatic heterocycles. The van der Waals surface area contributed by atoms with E-state index >= 15 is 0 Å². The Morgan fingerprint density at radius 2 is 2.00 bits per heavy atom. The van der Waals surface area contributed by atoms with E-state index in [0.29, 0.717) is 30.1 Å². The Morgan fingerprint density at radius 1 is 1.35 bits per heavy atom. The fourth-order valence-electron chi connectivity index (χ4n) is 3.52. The van der Waals surface area contributed by atoms with Crippen molar-refractivity contribution in [1.29, 1.82) is 5.26 Å². The topological polar surface area (TPSA) is 103 Å². The van der Waals surface area contributed by atoms with Gasteiger partial charge in [0.05, 0.1) is 18.2 Å². The van der Waals surface area contributed by atoms with Crippen LogP contribution in [0.4, 0.5) is 4.79 Å². The zero-order valence-corrected chi connectivity index (χ0v) is 14.8. The van der Waals surface area contributed by atoms with Crippen LogP contribution < -0.4 is 10.1 Å². The summed E-state index contributed by atoms with van der Waals surface area (Å²) in [6.07, 6.45) is 2.12. The van der Waals surface area contributed by atoms with E-state index in [2.05, 4.69) is 12.2 Å². The third-order valence-electron chi connectivity index (χ3n) is 5.19. The summed E-state index contributed by atoms with van der Waals surface area (Å²) in [7, 11) is 0.